The summed E-state index contributed by atoms with van der Waals surface area (Å²) in [4.78, 5) is 0. The van der Waals surface area contributed by atoms with Crippen LogP contribution in [0.25, 0.3) is 0 Å². The van der Waals surface area contributed by atoms with Crippen LogP contribution in [0.1, 0.15) is 71.1 Å². The Hall–Kier alpha value is -0.255. The van der Waals surface area contributed by atoms with Crippen LogP contribution in [0, 0.1) is 0 Å². The summed E-state index contributed by atoms with van der Waals surface area (Å²) in [5.74, 6) is 0. The van der Waals surface area contributed by atoms with E-state index in [2.05, 4.69) is 19.3 Å². The van der Waals surface area contributed by atoms with Gasteiger partial charge in [0.2, 0.25) is 0 Å². The zero-order valence-corrected chi connectivity index (χ0v) is 12.4. The standard InChI is InChI=1S/C13H29N.BF4/c1-3-4-5-6-7-8-9-10-11-12-13-14-2;2-1(3,4)5/h14H,3-13H2,1-2H3;/q;-1/p+1. The molecule has 0 aliphatic heterocycles. The summed E-state index contributed by atoms with van der Waals surface area (Å²) in [6.45, 7) is 3.60. The average Bonchev–Trinajstić information content (AvgIpc) is 2.29. The van der Waals surface area contributed by atoms with E-state index in [4.69, 9.17) is 0 Å². The Morgan fingerprint density at radius 3 is 1.32 bits per heavy atom. The average molecular weight is 287 g/mol. The van der Waals surface area contributed by atoms with Gasteiger partial charge in [0.15, 0.2) is 0 Å². The van der Waals surface area contributed by atoms with Gasteiger partial charge in [-0.1, -0.05) is 58.3 Å². The summed E-state index contributed by atoms with van der Waals surface area (Å²) in [6.07, 6.45) is 14.5. The monoisotopic (exact) mass is 287 g/mol. The van der Waals surface area contributed by atoms with Crippen molar-refractivity contribution in [2.24, 2.45) is 0 Å². The quantitative estimate of drug-likeness (QED) is 0.329. The highest BCUT2D eigenvalue weighted by Gasteiger charge is 2.20. The Bertz CT molecular complexity index is 147. The molecule has 19 heavy (non-hydrogen) atoms. The summed E-state index contributed by atoms with van der Waals surface area (Å²) < 4.78 is 39.0. The molecule has 0 aliphatic rings. The molecule has 0 spiro atoms. The van der Waals surface area contributed by atoms with Crippen molar-refractivity contribution in [3.63, 3.8) is 0 Å². The minimum Gasteiger partial charge on any atom is -0.418 e. The van der Waals surface area contributed by atoms with Gasteiger partial charge in [-0.05, 0) is 12.8 Å². The van der Waals surface area contributed by atoms with E-state index >= 15 is 0 Å². The van der Waals surface area contributed by atoms with Gasteiger partial charge >= 0.3 is 7.25 Å². The van der Waals surface area contributed by atoms with Crippen molar-refractivity contribution < 1.29 is 22.6 Å². The first kappa shape index (κ1) is 21.1. The van der Waals surface area contributed by atoms with Crippen molar-refractivity contribution in [3.8, 4) is 0 Å². The fraction of sp³-hybridized carbons (Fsp3) is 1.00. The molecule has 0 aromatic heterocycles. The number of hydrogen-bond donors (Lipinski definition) is 1. The summed E-state index contributed by atoms with van der Waals surface area (Å²) in [6, 6.07) is 0. The number of halogens is 4. The molecule has 0 amide bonds. The molecule has 0 saturated carbocycles. The molecule has 0 unspecified atom stereocenters. The van der Waals surface area contributed by atoms with E-state index in [1.54, 1.807) is 0 Å². The van der Waals surface area contributed by atoms with Gasteiger partial charge in [0.25, 0.3) is 0 Å². The van der Waals surface area contributed by atoms with Gasteiger partial charge in [-0.2, -0.15) is 0 Å². The summed E-state index contributed by atoms with van der Waals surface area (Å²) in [5.41, 5.74) is 0. The van der Waals surface area contributed by atoms with Crippen LogP contribution in [0.3, 0.4) is 0 Å². The van der Waals surface area contributed by atoms with Crippen LogP contribution in [0.15, 0.2) is 0 Å². The van der Waals surface area contributed by atoms with Crippen LogP contribution in [0.2, 0.25) is 0 Å². The van der Waals surface area contributed by atoms with Crippen molar-refractivity contribution in [2.45, 2.75) is 71.1 Å². The van der Waals surface area contributed by atoms with E-state index in [1.807, 2.05) is 0 Å². The molecule has 0 aromatic rings. The molecule has 0 atom stereocenters. The third kappa shape index (κ3) is 38.1. The van der Waals surface area contributed by atoms with Crippen LogP contribution in [-0.2, 0) is 0 Å². The first-order valence-electron chi connectivity index (χ1n) is 7.57. The van der Waals surface area contributed by atoms with Gasteiger partial charge < -0.3 is 22.6 Å². The molecule has 118 valence electrons. The van der Waals surface area contributed by atoms with Crippen molar-refractivity contribution >= 4 is 7.25 Å². The molecular weight excluding hydrogens is 257 g/mol. The lowest BCUT2D eigenvalue weighted by atomic mass is 10.1. The number of hydrogen-bond acceptors (Lipinski definition) is 0. The Kier molecular flexibility index (Phi) is 17.5. The molecular formula is C13H30BF4N. The second-order valence-electron chi connectivity index (χ2n) is 4.87. The highest BCUT2D eigenvalue weighted by molar-refractivity contribution is 6.50. The van der Waals surface area contributed by atoms with Crippen LogP contribution < -0.4 is 5.32 Å². The first-order valence-corrected chi connectivity index (χ1v) is 7.57. The Balaban J connectivity index is 0. The fourth-order valence-corrected chi connectivity index (χ4v) is 1.84. The fourth-order valence-electron chi connectivity index (χ4n) is 1.84. The molecule has 0 saturated heterocycles. The maximum Gasteiger partial charge on any atom is 0.673 e. The van der Waals surface area contributed by atoms with Gasteiger partial charge in [-0.15, -0.1) is 0 Å². The zero-order chi connectivity index (χ0) is 15.0. The molecule has 0 fully saturated rings. The molecule has 0 heterocycles. The minimum atomic E-state index is -6.00. The highest BCUT2D eigenvalue weighted by Crippen LogP contribution is 2.09. The largest absolute Gasteiger partial charge is 0.673 e. The van der Waals surface area contributed by atoms with Crippen LogP contribution >= 0.6 is 0 Å². The molecule has 2 N–H and O–H groups in total. The molecule has 1 nitrogen and oxygen atoms in total. The molecule has 0 bridgehead atoms. The van der Waals surface area contributed by atoms with E-state index in [1.165, 1.54) is 70.8 Å². The maximum atomic E-state index is 9.75. The summed E-state index contributed by atoms with van der Waals surface area (Å²) >= 11 is 0. The Morgan fingerprint density at radius 2 is 1.00 bits per heavy atom. The first-order chi connectivity index (χ1) is 8.91. The van der Waals surface area contributed by atoms with E-state index in [0.29, 0.717) is 0 Å². The van der Waals surface area contributed by atoms with Gasteiger partial charge in [0.05, 0.1) is 13.6 Å². The predicted molar refractivity (Wildman–Crippen MR) is 74.7 cm³/mol. The topological polar surface area (TPSA) is 16.6 Å². The van der Waals surface area contributed by atoms with Crippen LogP contribution in [-0.4, -0.2) is 20.8 Å². The lowest BCUT2D eigenvalue weighted by Gasteiger charge is -2.01. The number of quaternary nitrogens is 1. The van der Waals surface area contributed by atoms with Gasteiger partial charge in [-0.25, -0.2) is 0 Å². The number of unbranched alkanes of at least 4 members (excludes halogenated alkanes) is 9. The number of rotatable bonds is 11. The SMILES string of the molecule is CCCCCCCCCCCC[NH2+]C.F[B-](F)(F)F. The second-order valence-corrected chi connectivity index (χ2v) is 4.87. The van der Waals surface area contributed by atoms with Gasteiger partial charge in [0, 0.05) is 0 Å². The van der Waals surface area contributed by atoms with E-state index in [9.17, 15) is 17.3 Å². The Morgan fingerprint density at radius 1 is 0.684 bits per heavy atom. The predicted octanol–water partition coefficient (Wildman–Crippen LogP) is 4.40. The maximum absolute atomic E-state index is 9.75. The van der Waals surface area contributed by atoms with Gasteiger partial charge in [-0.3, -0.25) is 0 Å². The zero-order valence-electron chi connectivity index (χ0n) is 12.4. The lowest BCUT2D eigenvalue weighted by Crippen LogP contribution is -2.79. The summed E-state index contributed by atoms with van der Waals surface area (Å²) in [7, 11) is -3.84. The molecule has 0 rings (SSSR count). The third-order valence-electron chi connectivity index (χ3n) is 2.85. The van der Waals surface area contributed by atoms with Crippen LogP contribution in [0.5, 0.6) is 0 Å². The Labute approximate surface area is 115 Å². The number of nitrogens with two attached hydrogens (primary N) is 1. The van der Waals surface area contributed by atoms with Crippen molar-refractivity contribution in [1.82, 2.24) is 0 Å². The van der Waals surface area contributed by atoms with E-state index in [0.717, 1.165) is 0 Å². The van der Waals surface area contributed by atoms with Crippen molar-refractivity contribution in [3.05, 3.63) is 0 Å². The van der Waals surface area contributed by atoms with Gasteiger partial charge in [0.1, 0.15) is 0 Å². The smallest absolute Gasteiger partial charge is 0.418 e. The third-order valence-corrected chi connectivity index (χ3v) is 2.85. The molecule has 0 aliphatic carbocycles. The lowest BCUT2D eigenvalue weighted by molar-refractivity contribution is -0.627. The van der Waals surface area contributed by atoms with Crippen molar-refractivity contribution in [2.75, 3.05) is 13.6 Å². The van der Waals surface area contributed by atoms with E-state index < -0.39 is 7.25 Å². The van der Waals surface area contributed by atoms with Crippen molar-refractivity contribution in [1.29, 1.82) is 0 Å². The minimum absolute atomic E-state index is 1.32. The second kappa shape index (κ2) is 15.8. The normalized spacial score (nSPS) is 11.1. The van der Waals surface area contributed by atoms with E-state index in [-0.39, 0.29) is 0 Å². The molecule has 0 radical (unpaired) electrons. The molecule has 6 heteroatoms. The van der Waals surface area contributed by atoms with Crippen LogP contribution in [0.4, 0.5) is 17.3 Å². The summed E-state index contributed by atoms with van der Waals surface area (Å²) in [5, 5.41) is 2.28. The highest BCUT2D eigenvalue weighted by atomic mass is 19.5. The molecule has 0 aromatic carbocycles.